The van der Waals surface area contributed by atoms with Gasteiger partial charge in [-0.25, -0.2) is 4.79 Å². The highest BCUT2D eigenvalue weighted by Crippen LogP contribution is 2.08. The maximum absolute atomic E-state index is 11.1. The fourth-order valence-corrected chi connectivity index (χ4v) is 1.82. The van der Waals surface area contributed by atoms with Crippen molar-refractivity contribution < 1.29 is 4.42 Å². The first-order valence-corrected chi connectivity index (χ1v) is 6.98. The van der Waals surface area contributed by atoms with Crippen molar-refractivity contribution >= 4 is 12.2 Å². The minimum Gasteiger partial charge on any atom is -0.423 e. The predicted molar refractivity (Wildman–Crippen MR) is 87.9 cm³/mol. The Balaban J connectivity index is 2.07. The summed E-state index contributed by atoms with van der Waals surface area (Å²) in [4.78, 5) is 11.1. The maximum Gasteiger partial charge on any atom is 0.336 e. The van der Waals surface area contributed by atoms with E-state index in [1.165, 1.54) is 11.6 Å². The molecule has 0 unspecified atom stereocenters. The topological polar surface area (TPSA) is 30.2 Å². The second kappa shape index (κ2) is 7.85. The molecule has 2 rings (SSSR count). The standard InChI is InChI=1S/C19H18O2/c1-2-16(10-6-11-17-8-4-3-5-9-17)14-15-18-12-7-13-19(20)21-18/h3-15H,2H2,1H3/b11-6+,15-14+,16-10+. The molecule has 0 saturated carbocycles. The van der Waals surface area contributed by atoms with E-state index in [4.69, 9.17) is 4.42 Å². The summed E-state index contributed by atoms with van der Waals surface area (Å²) in [6, 6.07) is 15.0. The SMILES string of the molecule is CCC(/C=C/c1cccc(=O)o1)=C\C=C\c1ccccc1. The molecule has 0 aliphatic heterocycles. The van der Waals surface area contributed by atoms with Gasteiger partial charge in [-0.05, 0) is 29.7 Å². The van der Waals surface area contributed by atoms with Crippen molar-refractivity contribution in [2.45, 2.75) is 13.3 Å². The van der Waals surface area contributed by atoms with E-state index in [1.807, 2.05) is 36.4 Å². The van der Waals surface area contributed by atoms with Crippen LogP contribution in [0.25, 0.3) is 12.2 Å². The summed E-state index contributed by atoms with van der Waals surface area (Å²) in [7, 11) is 0. The molecule has 1 aromatic heterocycles. The maximum atomic E-state index is 11.1. The quantitative estimate of drug-likeness (QED) is 0.742. The molecule has 1 heterocycles. The van der Waals surface area contributed by atoms with Crippen molar-refractivity contribution in [3.63, 3.8) is 0 Å². The van der Waals surface area contributed by atoms with Gasteiger partial charge in [-0.15, -0.1) is 0 Å². The zero-order valence-corrected chi connectivity index (χ0v) is 12.0. The number of rotatable bonds is 5. The summed E-state index contributed by atoms with van der Waals surface area (Å²) in [5.41, 5.74) is 2.00. The van der Waals surface area contributed by atoms with E-state index >= 15 is 0 Å². The van der Waals surface area contributed by atoms with Gasteiger partial charge in [0.1, 0.15) is 5.76 Å². The second-order valence-corrected chi connectivity index (χ2v) is 4.55. The highest BCUT2D eigenvalue weighted by atomic mass is 16.4. The van der Waals surface area contributed by atoms with E-state index in [-0.39, 0.29) is 5.63 Å². The molecular formula is C19H18O2. The van der Waals surface area contributed by atoms with Gasteiger partial charge in [0, 0.05) is 6.07 Å². The zero-order valence-electron chi connectivity index (χ0n) is 12.0. The summed E-state index contributed by atoms with van der Waals surface area (Å²) in [5.74, 6) is 0.564. The molecule has 0 saturated heterocycles. The minimum atomic E-state index is -0.330. The molecule has 0 atom stereocenters. The molecule has 0 radical (unpaired) electrons. The first-order chi connectivity index (χ1) is 10.3. The van der Waals surface area contributed by atoms with Crippen LogP contribution in [0.1, 0.15) is 24.7 Å². The Labute approximate surface area is 124 Å². The van der Waals surface area contributed by atoms with Crippen LogP contribution in [-0.2, 0) is 0 Å². The molecule has 106 valence electrons. The molecular weight excluding hydrogens is 260 g/mol. The van der Waals surface area contributed by atoms with Crippen molar-refractivity contribution in [1.82, 2.24) is 0 Å². The monoisotopic (exact) mass is 278 g/mol. The molecule has 0 bridgehead atoms. The van der Waals surface area contributed by atoms with Gasteiger partial charge >= 0.3 is 5.63 Å². The molecule has 1 aromatic carbocycles. The molecule has 0 fully saturated rings. The van der Waals surface area contributed by atoms with Crippen molar-refractivity contribution in [2.75, 3.05) is 0 Å². The highest BCUT2D eigenvalue weighted by Gasteiger charge is 1.91. The van der Waals surface area contributed by atoms with Crippen LogP contribution in [0.3, 0.4) is 0 Å². The minimum absolute atomic E-state index is 0.330. The lowest BCUT2D eigenvalue weighted by Crippen LogP contribution is -1.94. The predicted octanol–water partition coefficient (Wildman–Crippen LogP) is 4.70. The average molecular weight is 278 g/mol. The van der Waals surface area contributed by atoms with Crippen LogP contribution in [0.4, 0.5) is 0 Å². The van der Waals surface area contributed by atoms with Crippen molar-refractivity contribution in [3.05, 3.63) is 94.1 Å². The molecule has 0 amide bonds. The van der Waals surface area contributed by atoms with Gasteiger partial charge in [-0.3, -0.25) is 0 Å². The Morgan fingerprint density at radius 1 is 1.05 bits per heavy atom. The molecule has 0 spiro atoms. The fourth-order valence-electron chi connectivity index (χ4n) is 1.82. The van der Waals surface area contributed by atoms with E-state index in [1.54, 1.807) is 12.1 Å². The second-order valence-electron chi connectivity index (χ2n) is 4.55. The number of benzene rings is 1. The number of hydrogen-bond acceptors (Lipinski definition) is 2. The van der Waals surface area contributed by atoms with Crippen LogP contribution in [0.15, 0.2) is 81.5 Å². The zero-order chi connectivity index (χ0) is 14.9. The third kappa shape index (κ3) is 5.11. The van der Waals surface area contributed by atoms with Crippen molar-refractivity contribution in [2.24, 2.45) is 0 Å². The Bertz CT molecular complexity index is 704. The third-order valence-electron chi connectivity index (χ3n) is 2.98. The Hall–Kier alpha value is -2.61. The summed E-state index contributed by atoms with van der Waals surface area (Å²) in [6.07, 6.45) is 10.8. The van der Waals surface area contributed by atoms with Crippen LogP contribution in [0.2, 0.25) is 0 Å². The fraction of sp³-hybridized carbons (Fsp3) is 0.105. The first kappa shape index (κ1) is 14.8. The summed E-state index contributed by atoms with van der Waals surface area (Å²) in [6.45, 7) is 2.09. The molecule has 2 aromatic rings. The Morgan fingerprint density at radius 2 is 1.86 bits per heavy atom. The van der Waals surface area contributed by atoms with Crippen LogP contribution in [0, 0.1) is 0 Å². The van der Waals surface area contributed by atoms with Crippen LogP contribution in [0.5, 0.6) is 0 Å². The summed E-state index contributed by atoms with van der Waals surface area (Å²) in [5, 5.41) is 0. The van der Waals surface area contributed by atoms with Gasteiger partial charge < -0.3 is 4.42 Å². The smallest absolute Gasteiger partial charge is 0.336 e. The molecule has 0 aliphatic rings. The van der Waals surface area contributed by atoms with E-state index < -0.39 is 0 Å². The van der Waals surface area contributed by atoms with E-state index in [2.05, 4.69) is 31.2 Å². The van der Waals surface area contributed by atoms with Crippen LogP contribution in [-0.4, -0.2) is 0 Å². The number of hydrogen-bond donors (Lipinski definition) is 0. The Morgan fingerprint density at radius 3 is 2.57 bits per heavy atom. The van der Waals surface area contributed by atoms with Gasteiger partial charge in [0.2, 0.25) is 0 Å². The molecule has 0 N–H and O–H groups in total. The van der Waals surface area contributed by atoms with Crippen molar-refractivity contribution in [3.8, 4) is 0 Å². The van der Waals surface area contributed by atoms with E-state index in [9.17, 15) is 4.79 Å². The van der Waals surface area contributed by atoms with Crippen LogP contribution >= 0.6 is 0 Å². The third-order valence-corrected chi connectivity index (χ3v) is 2.98. The first-order valence-electron chi connectivity index (χ1n) is 6.98. The van der Waals surface area contributed by atoms with Crippen LogP contribution < -0.4 is 5.63 Å². The lowest BCUT2D eigenvalue weighted by molar-refractivity contribution is 0.501. The Kier molecular flexibility index (Phi) is 5.53. The van der Waals surface area contributed by atoms with E-state index in [0.717, 1.165) is 12.0 Å². The van der Waals surface area contributed by atoms with Gasteiger partial charge in [-0.1, -0.05) is 67.6 Å². The highest BCUT2D eigenvalue weighted by molar-refractivity contribution is 5.53. The van der Waals surface area contributed by atoms with Gasteiger partial charge in [0.25, 0.3) is 0 Å². The largest absolute Gasteiger partial charge is 0.423 e. The molecule has 2 heteroatoms. The lowest BCUT2D eigenvalue weighted by Gasteiger charge is -1.95. The lowest BCUT2D eigenvalue weighted by atomic mass is 10.1. The van der Waals surface area contributed by atoms with E-state index in [0.29, 0.717) is 5.76 Å². The normalized spacial score (nSPS) is 12.3. The molecule has 0 aliphatic carbocycles. The summed E-state index contributed by atoms with van der Waals surface area (Å²) < 4.78 is 5.06. The number of allylic oxidation sites excluding steroid dienone is 4. The molecule has 2 nitrogen and oxygen atoms in total. The summed E-state index contributed by atoms with van der Waals surface area (Å²) >= 11 is 0. The van der Waals surface area contributed by atoms with Gasteiger partial charge in [0.15, 0.2) is 0 Å². The molecule has 21 heavy (non-hydrogen) atoms. The van der Waals surface area contributed by atoms with Gasteiger partial charge in [-0.2, -0.15) is 0 Å². The average Bonchev–Trinajstić information content (AvgIpc) is 2.52. The van der Waals surface area contributed by atoms with Gasteiger partial charge in [0.05, 0.1) is 0 Å². The van der Waals surface area contributed by atoms with Crippen molar-refractivity contribution in [1.29, 1.82) is 0 Å².